The van der Waals surface area contributed by atoms with Gasteiger partial charge in [-0.15, -0.1) is 0 Å². The van der Waals surface area contributed by atoms with Gasteiger partial charge in [0.05, 0.1) is 24.1 Å². The molecule has 0 bridgehead atoms. The van der Waals surface area contributed by atoms with Gasteiger partial charge < -0.3 is 8.83 Å². The molecule has 0 spiro atoms. The van der Waals surface area contributed by atoms with E-state index in [0.29, 0.717) is 22.3 Å². The van der Waals surface area contributed by atoms with Gasteiger partial charge in [0.1, 0.15) is 16.7 Å². The van der Waals surface area contributed by atoms with Crippen LogP contribution in [0.25, 0.3) is 76.7 Å². The standard InChI is InChI=1S/C34H20O2/c1-2-8-21(9-3-1)33-25-10-4-6-12-27(25)34(28-13-7-5-11-26(28)33)23-14-15-24-29-18-22-16-17-35-30(22)20-32(29)36-31(24)19-23/h1-20H/i1D,2D,3D,4D,5D,6D,7D,8D,9D,10D,11D,12D,13D. The molecule has 2 nitrogen and oxygen atoms in total. The fourth-order valence-corrected chi connectivity index (χ4v) is 4.93. The van der Waals surface area contributed by atoms with E-state index in [4.69, 9.17) is 26.7 Å². The number of fused-ring (bicyclic) bond motifs is 6. The molecule has 0 radical (unpaired) electrons. The maximum atomic E-state index is 9.10. The molecule has 0 saturated carbocycles. The summed E-state index contributed by atoms with van der Waals surface area (Å²) in [5.41, 5.74) is 1.07. The number of rotatable bonds is 2. The molecule has 6 aromatic carbocycles. The molecule has 0 aliphatic heterocycles. The number of furan rings is 2. The average Bonchev–Trinajstić information content (AvgIpc) is 3.70. The van der Waals surface area contributed by atoms with Gasteiger partial charge in [0.2, 0.25) is 0 Å². The predicted octanol–water partition coefficient (Wildman–Crippen LogP) is 9.97. The average molecular weight is 474 g/mol. The normalized spacial score (nSPS) is 16.9. The van der Waals surface area contributed by atoms with Gasteiger partial charge in [0, 0.05) is 22.2 Å². The summed E-state index contributed by atoms with van der Waals surface area (Å²) in [7, 11) is 0. The second-order valence-corrected chi connectivity index (χ2v) is 8.37. The summed E-state index contributed by atoms with van der Waals surface area (Å²) < 4.78 is 125. The van der Waals surface area contributed by atoms with Crippen molar-refractivity contribution in [2.45, 2.75) is 0 Å². The van der Waals surface area contributed by atoms with Gasteiger partial charge in [-0.1, -0.05) is 84.6 Å². The van der Waals surface area contributed by atoms with Gasteiger partial charge in [-0.05, 0) is 68.1 Å². The highest BCUT2D eigenvalue weighted by atomic mass is 16.3. The van der Waals surface area contributed by atoms with Crippen LogP contribution in [0.2, 0.25) is 0 Å². The molecular formula is C34H20O2. The van der Waals surface area contributed by atoms with Crippen LogP contribution in [-0.2, 0) is 0 Å². The molecule has 2 heterocycles. The lowest BCUT2D eigenvalue weighted by atomic mass is 9.86. The molecule has 0 atom stereocenters. The lowest BCUT2D eigenvalue weighted by Crippen LogP contribution is -1.90. The molecule has 0 N–H and O–H groups in total. The van der Waals surface area contributed by atoms with Crippen molar-refractivity contribution < 1.29 is 26.7 Å². The van der Waals surface area contributed by atoms with E-state index >= 15 is 0 Å². The van der Waals surface area contributed by atoms with Crippen molar-refractivity contribution in [3.8, 4) is 22.3 Å². The van der Waals surface area contributed by atoms with Gasteiger partial charge in [-0.2, -0.15) is 0 Å². The monoisotopic (exact) mass is 473 g/mol. The van der Waals surface area contributed by atoms with Crippen molar-refractivity contribution in [3.63, 3.8) is 0 Å². The maximum Gasteiger partial charge on any atom is 0.139 e. The summed E-state index contributed by atoms with van der Waals surface area (Å²) in [4.78, 5) is 0. The first-order chi connectivity index (χ1) is 23.2. The Balaban J connectivity index is 1.64. The van der Waals surface area contributed by atoms with Crippen molar-refractivity contribution in [3.05, 3.63) is 121 Å². The van der Waals surface area contributed by atoms with Gasteiger partial charge in [-0.3, -0.25) is 0 Å². The topological polar surface area (TPSA) is 26.3 Å². The summed E-state index contributed by atoms with van der Waals surface area (Å²) in [5.74, 6) is 0. The molecule has 0 aliphatic rings. The van der Waals surface area contributed by atoms with E-state index in [1.807, 2.05) is 12.1 Å². The third-order valence-corrected chi connectivity index (χ3v) is 6.46. The zero-order valence-electron chi connectivity index (χ0n) is 31.4. The van der Waals surface area contributed by atoms with Crippen molar-refractivity contribution >= 4 is 54.5 Å². The van der Waals surface area contributed by atoms with Crippen LogP contribution in [0, 0.1) is 0 Å². The molecule has 0 amide bonds. The van der Waals surface area contributed by atoms with Crippen molar-refractivity contribution in [2.75, 3.05) is 0 Å². The quantitative estimate of drug-likeness (QED) is 0.233. The van der Waals surface area contributed by atoms with Crippen LogP contribution in [0.15, 0.2) is 130 Å². The number of hydrogen-bond acceptors (Lipinski definition) is 2. The van der Waals surface area contributed by atoms with Crippen LogP contribution < -0.4 is 0 Å². The zero-order chi connectivity index (χ0) is 35.0. The summed E-state index contributed by atoms with van der Waals surface area (Å²) in [6.45, 7) is 0. The lowest BCUT2D eigenvalue weighted by Gasteiger charge is -2.17. The number of benzene rings is 6. The lowest BCUT2D eigenvalue weighted by molar-refractivity contribution is 0.613. The van der Waals surface area contributed by atoms with E-state index in [-0.39, 0.29) is 32.7 Å². The molecule has 8 aromatic rings. The first-order valence-electron chi connectivity index (χ1n) is 17.6. The van der Waals surface area contributed by atoms with Crippen molar-refractivity contribution in [1.82, 2.24) is 0 Å². The van der Waals surface area contributed by atoms with Crippen LogP contribution in [-0.4, -0.2) is 0 Å². The highest BCUT2D eigenvalue weighted by molar-refractivity contribution is 6.22. The third kappa shape index (κ3) is 2.73. The van der Waals surface area contributed by atoms with Gasteiger partial charge in [-0.25, -0.2) is 0 Å². The third-order valence-electron chi connectivity index (χ3n) is 6.46. The van der Waals surface area contributed by atoms with E-state index in [2.05, 4.69) is 0 Å². The predicted molar refractivity (Wildman–Crippen MR) is 149 cm³/mol. The smallest absolute Gasteiger partial charge is 0.139 e. The maximum absolute atomic E-state index is 9.10. The Morgan fingerprint density at radius 3 is 1.78 bits per heavy atom. The zero-order valence-corrected chi connectivity index (χ0v) is 18.4. The summed E-state index contributed by atoms with van der Waals surface area (Å²) in [5, 5.41) is 1.52. The Labute approximate surface area is 225 Å². The molecule has 2 aromatic heterocycles. The van der Waals surface area contributed by atoms with Crippen LogP contribution in [0.1, 0.15) is 17.8 Å². The molecule has 0 aliphatic carbocycles. The molecule has 0 fully saturated rings. The van der Waals surface area contributed by atoms with Gasteiger partial charge in [0.25, 0.3) is 0 Å². The highest BCUT2D eigenvalue weighted by Crippen LogP contribution is 2.44. The second-order valence-electron chi connectivity index (χ2n) is 8.37. The summed E-state index contributed by atoms with van der Waals surface area (Å²) in [6, 6.07) is 2.08. The van der Waals surface area contributed by atoms with Gasteiger partial charge >= 0.3 is 0 Å². The first kappa shape index (κ1) is 10.8. The van der Waals surface area contributed by atoms with Crippen LogP contribution in [0.4, 0.5) is 0 Å². The Hall–Kier alpha value is -4.82. The molecule has 0 unspecified atom stereocenters. The molecule has 0 saturated heterocycles. The minimum Gasteiger partial charge on any atom is -0.464 e. The van der Waals surface area contributed by atoms with Crippen molar-refractivity contribution in [2.24, 2.45) is 0 Å². The summed E-state index contributed by atoms with van der Waals surface area (Å²) in [6.07, 6.45) is 1.57. The summed E-state index contributed by atoms with van der Waals surface area (Å²) >= 11 is 0. The van der Waals surface area contributed by atoms with E-state index in [1.165, 1.54) is 0 Å². The Kier molecular flexibility index (Phi) is 2.21. The minimum atomic E-state index is -0.717. The van der Waals surface area contributed by atoms with E-state index in [1.54, 1.807) is 30.5 Å². The number of hydrogen-bond donors (Lipinski definition) is 0. The van der Waals surface area contributed by atoms with Gasteiger partial charge in [0.15, 0.2) is 0 Å². The molecule has 36 heavy (non-hydrogen) atoms. The Morgan fingerprint density at radius 1 is 0.472 bits per heavy atom. The largest absolute Gasteiger partial charge is 0.464 e. The fraction of sp³-hybridized carbons (Fsp3) is 0. The molecule has 2 heteroatoms. The minimum absolute atomic E-state index is 0.0382. The van der Waals surface area contributed by atoms with Crippen molar-refractivity contribution in [1.29, 1.82) is 0 Å². The molecular weight excluding hydrogens is 440 g/mol. The van der Waals surface area contributed by atoms with Crippen LogP contribution in [0.3, 0.4) is 0 Å². The van der Waals surface area contributed by atoms with E-state index < -0.39 is 84.1 Å². The Morgan fingerprint density at radius 2 is 1.08 bits per heavy atom. The fourth-order valence-electron chi connectivity index (χ4n) is 4.93. The van der Waals surface area contributed by atoms with E-state index in [0.717, 1.165) is 16.2 Å². The Bertz CT molecular complexity index is 2710. The first-order valence-corrected chi connectivity index (χ1v) is 11.1. The van der Waals surface area contributed by atoms with Crippen LogP contribution in [0.5, 0.6) is 0 Å². The molecule has 168 valence electrons. The van der Waals surface area contributed by atoms with E-state index in [9.17, 15) is 0 Å². The molecule has 8 rings (SSSR count). The second kappa shape index (κ2) is 7.34. The van der Waals surface area contributed by atoms with Crippen LogP contribution >= 0.6 is 0 Å². The SMILES string of the molecule is [2H]c1c([2H])c([2H])c(-c2c3c([2H])c([2H])c([2H])c([2H])c3c(-c3ccc4c(c3)oc3cc5occc5cc34)c3c([2H])c([2H])c([2H])c([2H])c23)c([2H])c1[2H]. The highest BCUT2D eigenvalue weighted by Gasteiger charge is 2.17.